The van der Waals surface area contributed by atoms with Crippen LogP contribution in [0.1, 0.15) is 55.8 Å². The van der Waals surface area contributed by atoms with Crippen molar-refractivity contribution in [2.75, 3.05) is 5.75 Å². The minimum Gasteiger partial charge on any atom is -0.387 e. The van der Waals surface area contributed by atoms with E-state index in [1.807, 2.05) is 4.72 Å². The van der Waals surface area contributed by atoms with Crippen molar-refractivity contribution in [2.45, 2.75) is 76.0 Å². The van der Waals surface area contributed by atoms with Crippen LogP contribution in [0.15, 0.2) is 30.3 Å². The van der Waals surface area contributed by atoms with E-state index in [-0.39, 0.29) is 17.9 Å². The Hall–Kier alpha value is -1.55. The summed E-state index contributed by atoms with van der Waals surface area (Å²) in [6.07, 6.45) is -2.23. The molecule has 2 fully saturated rings. The summed E-state index contributed by atoms with van der Waals surface area (Å²) >= 11 is 0. The van der Waals surface area contributed by atoms with Crippen LogP contribution in [0.2, 0.25) is 0 Å². The second-order valence-electron chi connectivity index (χ2n) is 8.70. The van der Waals surface area contributed by atoms with Crippen LogP contribution in [0.4, 0.5) is 4.39 Å². The van der Waals surface area contributed by atoms with Gasteiger partial charge in [-0.15, -0.1) is 0 Å². The molecule has 1 amide bonds. The first kappa shape index (κ1) is 24.1. The van der Waals surface area contributed by atoms with Crippen LogP contribution in [0.5, 0.6) is 0 Å². The fourth-order valence-corrected chi connectivity index (χ4v) is 5.82. The molecule has 7 nitrogen and oxygen atoms in total. The number of carbonyl (C=O) groups excluding carboxylic acids is 1. The molecule has 1 aliphatic heterocycles. The summed E-state index contributed by atoms with van der Waals surface area (Å²) in [5, 5.41) is 20.6. The van der Waals surface area contributed by atoms with Gasteiger partial charge in [0.25, 0.3) is 5.91 Å². The van der Waals surface area contributed by atoms with Crippen molar-refractivity contribution >= 4 is 15.9 Å². The monoisotopic (exact) mass is 457 g/mol. The molecule has 3 N–H and O–H groups in total. The van der Waals surface area contributed by atoms with Gasteiger partial charge in [-0.3, -0.25) is 4.79 Å². The third-order valence-electron chi connectivity index (χ3n) is 6.40. The molecule has 1 aliphatic carbocycles. The number of amides is 1. The molecule has 5 unspecified atom stereocenters. The van der Waals surface area contributed by atoms with Gasteiger partial charge in [0.2, 0.25) is 10.0 Å². The molecule has 1 saturated carbocycles. The number of hydrogen-bond donors (Lipinski definition) is 3. The van der Waals surface area contributed by atoms with Gasteiger partial charge < -0.3 is 14.9 Å². The molecule has 1 aromatic rings. The summed E-state index contributed by atoms with van der Waals surface area (Å²) in [4.78, 5) is 12.1. The van der Waals surface area contributed by atoms with Crippen LogP contribution in [0, 0.1) is 11.8 Å². The van der Waals surface area contributed by atoms with E-state index < -0.39 is 52.3 Å². The Labute approximate surface area is 183 Å². The smallest absolute Gasteiger partial charge is 0.264 e. The Kier molecular flexibility index (Phi) is 8.07. The molecule has 0 aromatic heterocycles. The van der Waals surface area contributed by atoms with E-state index >= 15 is 0 Å². The van der Waals surface area contributed by atoms with Crippen molar-refractivity contribution in [3.05, 3.63) is 35.9 Å². The molecule has 0 radical (unpaired) electrons. The highest BCUT2D eigenvalue weighted by Gasteiger charge is 2.48. The number of hydrogen-bond acceptors (Lipinski definition) is 6. The van der Waals surface area contributed by atoms with Gasteiger partial charge in [0.05, 0.1) is 18.0 Å². The largest absolute Gasteiger partial charge is 0.387 e. The highest BCUT2D eigenvalue weighted by atomic mass is 32.2. The van der Waals surface area contributed by atoms with Gasteiger partial charge in [0.15, 0.2) is 6.17 Å². The van der Waals surface area contributed by atoms with Gasteiger partial charge in [-0.25, -0.2) is 17.5 Å². The molecule has 7 atom stereocenters. The highest BCUT2D eigenvalue weighted by molar-refractivity contribution is 7.90. The van der Waals surface area contributed by atoms with Crippen molar-refractivity contribution in [3.8, 4) is 0 Å². The van der Waals surface area contributed by atoms with Crippen molar-refractivity contribution in [1.29, 1.82) is 0 Å². The minimum atomic E-state index is -4.01. The van der Waals surface area contributed by atoms with Crippen LogP contribution in [0.25, 0.3) is 0 Å². The van der Waals surface area contributed by atoms with Gasteiger partial charge in [-0.1, -0.05) is 44.4 Å². The summed E-state index contributed by atoms with van der Waals surface area (Å²) in [5.41, 5.74) is 0.204. The number of halogens is 1. The quantitative estimate of drug-likeness (QED) is 0.552. The van der Waals surface area contributed by atoms with Crippen LogP contribution < -0.4 is 4.72 Å². The number of carbonyl (C=O) groups is 1. The van der Waals surface area contributed by atoms with E-state index in [9.17, 15) is 27.8 Å². The molecule has 1 heterocycles. The lowest BCUT2D eigenvalue weighted by Gasteiger charge is -2.42. The van der Waals surface area contributed by atoms with Crippen molar-refractivity contribution in [3.63, 3.8) is 0 Å². The minimum absolute atomic E-state index is 0.0193. The number of alkyl halides is 1. The Morgan fingerprint density at radius 2 is 1.87 bits per heavy atom. The van der Waals surface area contributed by atoms with Gasteiger partial charge in [0, 0.05) is 5.56 Å². The van der Waals surface area contributed by atoms with E-state index in [2.05, 4.69) is 6.92 Å². The topological polar surface area (TPSA) is 113 Å². The summed E-state index contributed by atoms with van der Waals surface area (Å²) in [7, 11) is -4.01. The van der Waals surface area contributed by atoms with Crippen molar-refractivity contribution in [2.24, 2.45) is 11.8 Å². The van der Waals surface area contributed by atoms with Gasteiger partial charge in [-0.05, 0) is 43.2 Å². The molecule has 3 rings (SSSR count). The predicted molar refractivity (Wildman–Crippen MR) is 114 cm³/mol. The van der Waals surface area contributed by atoms with E-state index in [1.54, 1.807) is 18.2 Å². The zero-order valence-corrected chi connectivity index (χ0v) is 18.5. The van der Waals surface area contributed by atoms with E-state index in [4.69, 9.17) is 4.74 Å². The number of ether oxygens (including phenoxy) is 1. The average Bonchev–Trinajstić information content (AvgIpc) is 3.20. The Morgan fingerprint density at radius 3 is 2.55 bits per heavy atom. The molecule has 1 aromatic carbocycles. The number of rotatable bonds is 8. The molecule has 31 heavy (non-hydrogen) atoms. The Bertz CT molecular complexity index is 836. The highest BCUT2D eigenvalue weighted by Crippen LogP contribution is 2.41. The average molecular weight is 458 g/mol. The third kappa shape index (κ3) is 6.03. The zero-order chi connectivity index (χ0) is 22.6. The lowest BCUT2D eigenvalue weighted by molar-refractivity contribution is -0.217. The summed E-state index contributed by atoms with van der Waals surface area (Å²) in [6, 6.07) is 7.93. The SMILES string of the molecule is CCCC1CCC(C2OC(CCS(=O)(=O)NC(=O)c3ccccc3)[C@@H](O)C(F)[C@@H]2O)C1. The Balaban J connectivity index is 1.60. The van der Waals surface area contributed by atoms with E-state index in [0.29, 0.717) is 5.92 Å². The van der Waals surface area contributed by atoms with E-state index in [1.165, 1.54) is 12.1 Å². The number of aliphatic hydroxyl groups excluding tert-OH is 2. The van der Waals surface area contributed by atoms with Crippen molar-refractivity contribution < 1.29 is 32.6 Å². The second-order valence-corrected chi connectivity index (χ2v) is 10.5. The van der Waals surface area contributed by atoms with Crippen LogP contribution >= 0.6 is 0 Å². The lowest BCUT2D eigenvalue weighted by Crippen LogP contribution is -2.58. The summed E-state index contributed by atoms with van der Waals surface area (Å²) in [6.45, 7) is 2.11. The number of nitrogens with one attached hydrogen (secondary N) is 1. The van der Waals surface area contributed by atoms with Gasteiger partial charge >= 0.3 is 0 Å². The van der Waals surface area contributed by atoms with Crippen LogP contribution in [-0.2, 0) is 14.8 Å². The molecule has 9 heteroatoms. The first-order valence-electron chi connectivity index (χ1n) is 11.0. The maximum Gasteiger partial charge on any atom is 0.264 e. The molecule has 0 spiro atoms. The Morgan fingerprint density at radius 1 is 1.16 bits per heavy atom. The number of sulfonamides is 1. The molecular weight excluding hydrogens is 425 g/mol. The molecule has 0 bridgehead atoms. The second kappa shape index (κ2) is 10.4. The summed E-state index contributed by atoms with van der Waals surface area (Å²) in [5.74, 6) is -0.765. The first-order valence-corrected chi connectivity index (χ1v) is 12.6. The van der Waals surface area contributed by atoms with Gasteiger partial charge in [-0.2, -0.15) is 0 Å². The fourth-order valence-electron chi connectivity index (χ4n) is 4.77. The molecule has 2 aliphatic rings. The predicted octanol–water partition coefficient (Wildman–Crippen LogP) is 2.18. The molecular formula is C22H32FNO6S. The lowest BCUT2D eigenvalue weighted by atomic mass is 9.86. The number of benzene rings is 1. The standard InChI is InChI=1S/C22H32FNO6S/c1-2-6-14-9-10-16(13-14)21-20(26)18(23)19(25)17(30-21)11-12-31(28,29)24-22(27)15-7-4-3-5-8-15/h3-5,7-8,14,16-21,25-26H,2,6,9-13H2,1H3,(H,24,27)/t14?,16?,17?,18?,19-,20+,21?/m1/s1. The third-order valence-corrected chi connectivity index (χ3v) is 7.67. The normalized spacial score (nSPS) is 33.9. The number of aliphatic hydroxyl groups is 2. The van der Waals surface area contributed by atoms with Crippen LogP contribution in [-0.4, -0.2) is 60.9 Å². The molecule has 174 valence electrons. The van der Waals surface area contributed by atoms with Crippen LogP contribution in [0.3, 0.4) is 0 Å². The van der Waals surface area contributed by atoms with Crippen molar-refractivity contribution in [1.82, 2.24) is 4.72 Å². The first-order chi connectivity index (χ1) is 14.7. The molecule has 1 saturated heterocycles. The van der Waals surface area contributed by atoms with E-state index in [0.717, 1.165) is 32.1 Å². The van der Waals surface area contributed by atoms with Gasteiger partial charge in [0.1, 0.15) is 12.2 Å². The maximum atomic E-state index is 14.6. The fraction of sp³-hybridized carbons (Fsp3) is 0.682. The maximum absolute atomic E-state index is 14.6. The zero-order valence-electron chi connectivity index (χ0n) is 17.7. The summed E-state index contributed by atoms with van der Waals surface area (Å²) < 4.78 is 47.2.